The topological polar surface area (TPSA) is 71.2 Å². The van der Waals surface area contributed by atoms with Crippen LogP contribution in [0, 0.1) is 16.8 Å². The molecule has 1 heterocycles. The predicted octanol–water partition coefficient (Wildman–Crippen LogP) is 2.50. The highest BCUT2D eigenvalue weighted by molar-refractivity contribution is 7.73. The second-order valence-electron chi connectivity index (χ2n) is 5.27. The number of nitrogens with one attached hydrogen (secondary N) is 2. The molecule has 0 aromatic carbocycles. The van der Waals surface area contributed by atoms with E-state index in [-0.39, 0.29) is 23.8 Å². The number of aryl methyl sites for hydroxylation is 1. The van der Waals surface area contributed by atoms with Gasteiger partial charge in [0.1, 0.15) is 0 Å². The molecule has 2 atom stereocenters. The van der Waals surface area contributed by atoms with E-state index in [9.17, 15) is 9.59 Å². The molecule has 1 aliphatic rings. The number of carbonyl (C=O) groups excluding carboxylic acids is 2. The lowest BCUT2D eigenvalue weighted by molar-refractivity contribution is -0.147. The average Bonchev–Trinajstić information content (AvgIpc) is 2.97. The molecule has 0 bridgehead atoms. The van der Waals surface area contributed by atoms with Gasteiger partial charge in [0.2, 0.25) is 5.91 Å². The van der Waals surface area contributed by atoms with Crippen molar-refractivity contribution in [2.24, 2.45) is 5.92 Å². The zero-order valence-corrected chi connectivity index (χ0v) is 13.9. The molecule has 1 amide bonds. The summed E-state index contributed by atoms with van der Waals surface area (Å²) in [6.07, 6.45) is 2.62. The number of hydrogen-bond donors (Lipinski definition) is 2. The highest BCUT2D eigenvalue weighted by Crippen LogP contribution is 2.27. The Morgan fingerprint density at radius 3 is 2.86 bits per heavy atom. The van der Waals surface area contributed by atoms with Crippen LogP contribution in [0.1, 0.15) is 36.8 Å². The number of H-pyrrole nitrogens is 1. The number of aromatic amines is 1. The van der Waals surface area contributed by atoms with E-state index >= 15 is 0 Å². The van der Waals surface area contributed by atoms with Crippen LogP contribution in [0.15, 0.2) is 0 Å². The first-order chi connectivity index (χ1) is 9.99. The normalized spacial score (nSPS) is 21.2. The highest BCUT2D eigenvalue weighted by Gasteiger charge is 2.31. The lowest BCUT2D eigenvalue weighted by atomic mass is 10.1. The summed E-state index contributed by atoms with van der Waals surface area (Å²) in [6.45, 7) is 4.13. The minimum Gasteiger partial charge on any atom is -0.466 e. The minimum atomic E-state index is -0.145. The van der Waals surface area contributed by atoms with Crippen molar-refractivity contribution in [2.45, 2.75) is 45.6 Å². The molecule has 2 rings (SSSR count). The van der Waals surface area contributed by atoms with Crippen molar-refractivity contribution in [1.29, 1.82) is 0 Å². The first kappa shape index (κ1) is 16.2. The third kappa shape index (κ3) is 4.38. The van der Waals surface area contributed by atoms with Crippen molar-refractivity contribution in [3.63, 3.8) is 0 Å². The molecule has 0 radical (unpaired) electrons. The average molecular weight is 328 g/mol. The summed E-state index contributed by atoms with van der Waals surface area (Å²) in [7, 11) is 0. The first-order valence-corrected chi connectivity index (χ1v) is 8.36. The standard InChI is InChI=1S/C14H20N2O3S2/c1-3-19-13(18)9-4-5-10(6-9)16-12(17)7-11-8(2)15-14(20)21-11/h9-10H,3-7H2,1-2H3,(H,15,20)(H,16,17). The van der Waals surface area contributed by atoms with E-state index in [1.807, 2.05) is 6.92 Å². The summed E-state index contributed by atoms with van der Waals surface area (Å²) < 4.78 is 5.72. The monoisotopic (exact) mass is 328 g/mol. The van der Waals surface area contributed by atoms with Crippen LogP contribution < -0.4 is 5.32 Å². The van der Waals surface area contributed by atoms with Gasteiger partial charge in [-0.1, -0.05) is 0 Å². The molecule has 1 aromatic rings. The van der Waals surface area contributed by atoms with Crippen LogP contribution in [0.2, 0.25) is 0 Å². The maximum absolute atomic E-state index is 12.1. The Morgan fingerprint density at radius 1 is 1.48 bits per heavy atom. The fourth-order valence-corrected chi connectivity index (χ4v) is 3.91. The third-order valence-corrected chi connectivity index (χ3v) is 5.00. The Hall–Kier alpha value is -1.21. The summed E-state index contributed by atoms with van der Waals surface area (Å²) in [6, 6.07) is 0.0686. The van der Waals surface area contributed by atoms with Crippen LogP contribution in [0.3, 0.4) is 0 Å². The number of thiazole rings is 1. The summed E-state index contributed by atoms with van der Waals surface area (Å²) in [5.74, 6) is -0.238. The largest absolute Gasteiger partial charge is 0.466 e. The number of aromatic nitrogens is 1. The van der Waals surface area contributed by atoms with E-state index in [0.717, 1.165) is 23.4 Å². The van der Waals surface area contributed by atoms with Crippen molar-refractivity contribution in [2.75, 3.05) is 6.61 Å². The van der Waals surface area contributed by atoms with E-state index in [4.69, 9.17) is 17.0 Å². The number of esters is 1. The summed E-state index contributed by atoms with van der Waals surface area (Å²) in [5.41, 5.74) is 0.955. The Morgan fingerprint density at radius 2 is 2.24 bits per heavy atom. The molecule has 7 heteroatoms. The molecule has 21 heavy (non-hydrogen) atoms. The van der Waals surface area contributed by atoms with Crippen LogP contribution in [-0.2, 0) is 20.7 Å². The summed E-state index contributed by atoms with van der Waals surface area (Å²) >= 11 is 6.50. The van der Waals surface area contributed by atoms with Crippen LogP contribution in [0.25, 0.3) is 0 Å². The van der Waals surface area contributed by atoms with E-state index in [2.05, 4.69) is 10.3 Å². The number of hydrogen-bond acceptors (Lipinski definition) is 5. The molecular weight excluding hydrogens is 308 g/mol. The van der Waals surface area contributed by atoms with Gasteiger partial charge in [-0.25, -0.2) is 0 Å². The van der Waals surface area contributed by atoms with Gasteiger partial charge < -0.3 is 15.0 Å². The minimum absolute atomic E-state index is 0.0159. The molecule has 5 nitrogen and oxygen atoms in total. The number of carbonyl (C=O) groups is 2. The predicted molar refractivity (Wildman–Crippen MR) is 83.8 cm³/mol. The molecule has 2 unspecified atom stereocenters. The second-order valence-corrected chi connectivity index (χ2v) is 7.04. The number of amides is 1. The van der Waals surface area contributed by atoms with Gasteiger partial charge in [-0.05, 0) is 45.3 Å². The lowest BCUT2D eigenvalue weighted by Crippen LogP contribution is -2.34. The maximum atomic E-state index is 12.1. The molecule has 1 aliphatic carbocycles. The van der Waals surface area contributed by atoms with Crippen molar-refractivity contribution in [3.05, 3.63) is 14.5 Å². The maximum Gasteiger partial charge on any atom is 0.308 e. The van der Waals surface area contributed by atoms with Crippen LogP contribution in [0.4, 0.5) is 0 Å². The van der Waals surface area contributed by atoms with Crippen molar-refractivity contribution >= 4 is 35.4 Å². The van der Waals surface area contributed by atoms with Crippen LogP contribution >= 0.6 is 23.6 Å². The second kappa shape index (κ2) is 7.17. The fourth-order valence-electron chi connectivity index (χ4n) is 2.62. The van der Waals surface area contributed by atoms with E-state index in [1.54, 1.807) is 6.92 Å². The van der Waals surface area contributed by atoms with Gasteiger partial charge in [0, 0.05) is 16.6 Å². The third-order valence-electron chi connectivity index (χ3n) is 3.66. The SMILES string of the molecule is CCOC(=O)C1CCC(NC(=O)Cc2sc(=S)[nH]c2C)C1. The molecule has 1 fully saturated rings. The van der Waals surface area contributed by atoms with Gasteiger partial charge in [-0.3, -0.25) is 9.59 Å². The Bertz CT molecular complexity index is 579. The molecule has 0 spiro atoms. The zero-order chi connectivity index (χ0) is 15.4. The highest BCUT2D eigenvalue weighted by atomic mass is 32.1. The van der Waals surface area contributed by atoms with Gasteiger partial charge in [-0.15, -0.1) is 11.3 Å². The van der Waals surface area contributed by atoms with E-state index in [1.165, 1.54) is 11.3 Å². The lowest BCUT2D eigenvalue weighted by Gasteiger charge is -2.13. The number of ether oxygens (including phenoxy) is 1. The number of rotatable bonds is 5. The quantitative estimate of drug-likeness (QED) is 0.643. The van der Waals surface area contributed by atoms with Gasteiger partial charge in [0.25, 0.3) is 0 Å². The Kier molecular flexibility index (Phi) is 5.52. The van der Waals surface area contributed by atoms with E-state index < -0.39 is 0 Å². The molecule has 2 N–H and O–H groups in total. The Labute approximate surface area is 133 Å². The molecule has 0 saturated heterocycles. The fraction of sp³-hybridized carbons (Fsp3) is 0.643. The summed E-state index contributed by atoms with van der Waals surface area (Å²) in [5, 5.41) is 3.00. The molecule has 1 aromatic heterocycles. The van der Waals surface area contributed by atoms with Crippen LogP contribution in [-0.4, -0.2) is 29.5 Å². The molecular formula is C14H20N2O3S2. The zero-order valence-electron chi connectivity index (χ0n) is 12.2. The van der Waals surface area contributed by atoms with Gasteiger partial charge in [-0.2, -0.15) is 0 Å². The van der Waals surface area contributed by atoms with Gasteiger partial charge in [0.05, 0.1) is 18.9 Å². The van der Waals surface area contributed by atoms with Crippen molar-refractivity contribution in [1.82, 2.24) is 10.3 Å². The first-order valence-electron chi connectivity index (χ1n) is 7.14. The smallest absolute Gasteiger partial charge is 0.308 e. The molecule has 0 aliphatic heterocycles. The Balaban J connectivity index is 1.83. The van der Waals surface area contributed by atoms with Gasteiger partial charge in [0.15, 0.2) is 3.95 Å². The molecule has 116 valence electrons. The van der Waals surface area contributed by atoms with Gasteiger partial charge >= 0.3 is 5.97 Å². The van der Waals surface area contributed by atoms with Crippen molar-refractivity contribution in [3.8, 4) is 0 Å². The molecule has 1 saturated carbocycles. The van der Waals surface area contributed by atoms with Crippen molar-refractivity contribution < 1.29 is 14.3 Å². The summed E-state index contributed by atoms with van der Waals surface area (Å²) in [4.78, 5) is 27.7. The van der Waals surface area contributed by atoms with E-state index in [0.29, 0.717) is 23.4 Å². The van der Waals surface area contributed by atoms with Crippen LogP contribution in [0.5, 0.6) is 0 Å².